The highest BCUT2D eigenvalue weighted by atomic mass is 32.2. The van der Waals surface area contributed by atoms with Gasteiger partial charge in [0.15, 0.2) is 18.1 Å². The summed E-state index contributed by atoms with van der Waals surface area (Å²) in [5.41, 5.74) is 1.93. The van der Waals surface area contributed by atoms with Gasteiger partial charge in [0, 0.05) is 20.6 Å². The first kappa shape index (κ1) is 25.0. The van der Waals surface area contributed by atoms with Crippen molar-refractivity contribution in [1.82, 2.24) is 10.2 Å². The zero-order valence-electron chi connectivity index (χ0n) is 18.9. The number of anilines is 1. The molecule has 0 saturated carbocycles. The van der Waals surface area contributed by atoms with Gasteiger partial charge in [0.05, 0.1) is 19.1 Å². The van der Waals surface area contributed by atoms with Crippen LogP contribution in [0.5, 0.6) is 11.5 Å². The number of nitrogens with one attached hydrogen (secondary N) is 1. The Bertz CT molecular complexity index is 1070. The van der Waals surface area contributed by atoms with E-state index in [1.165, 1.54) is 12.0 Å². The van der Waals surface area contributed by atoms with E-state index >= 15 is 0 Å². The van der Waals surface area contributed by atoms with Crippen LogP contribution in [0.3, 0.4) is 0 Å². The number of sulfonamides is 1. The number of carbonyl (C=O) groups excluding carboxylic acids is 2. The molecule has 1 N–H and O–H groups in total. The van der Waals surface area contributed by atoms with Crippen molar-refractivity contribution in [3.05, 3.63) is 53.6 Å². The van der Waals surface area contributed by atoms with Gasteiger partial charge in [0.25, 0.3) is 5.91 Å². The summed E-state index contributed by atoms with van der Waals surface area (Å²) in [6.45, 7) is 1.49. The number of carbonyl (C=O) groups is 2. The highest BCUT2D eigenvalue weighted by Crippen LogP contribution is 2.28. The molecule has 0 fully saturated rings. The Morgan fingerprint density at radius 3 is 2.34 bits per heavy atom. The molecule has 2 aromatic carbocycles. The summed E-state index contributed by atoms with van der Waals surface area (Å²) < 4.78 is 36.4. The van der Waals surface area contributed by atoms with Gasteiger partial charge in [-0.1, -0.05) is 24.3 Å². The predicted molar refractivity (Wildman–Crippen MR) is 122 cm³/mol. The van der Waals surface area contributed by atoms with Gasteiger partial charge in [-0.25, -0.2) is 8.42 Å². The second-order valence-corrected chi connectivity index (χ2v) is 9.30. The number of methoxy groups -OCH3 is 1. The Balaban J connectivity index is 2.05. The van der Waals surface area contributed by atoms with Gasteiger partial charge in [-0.2, -0.15) is 0 Å². The van der Waals surface area contributed by atoms with E-state index in [0.29, 0.717) is 17.2 Å². The van der Waals surface area contributed by atoms with Crippen molar-refractivity contribution in [2.45, 2.75) is 13.5 Å². The largest absolute Gasteiger partial charge is 0.493 e. The molecule has 0 atom stereocenters. The topological polar surface area (TPSA) is 105 Å². The Hall–Kier alpha value is -3.27. The van der Waals surface area contributed by atoms with Crippen LogP contribution in [0, 0.1) is 6.92 Å². The number of hydrogen-bond donors (Lipinski definition) is 1. The molecule has 174 valence electrons. The SMILES string of the molecule is COc1cc(CNC(=O)CN(c2ccccc2C)S(C)(=O)=O)ccc1OCC(=O)N(C)C. The molecule has 0 bridgehead atoms. The van der Waals surface area contributed by atoms with Gasteiger partial charge in [0.1, 0.15) is 6.54 Å². The van der Waals surface area contributed by atoms with Crippen LogP contribution >= 0.6 is 0 Å². The number of nitrogens with zero attached hydrogens (tertiary/aromatic N) is 2. The van der Waals surface area contributed by atoms with Crippen molar-refractivity contribution in [3.63, 3.8) is 0 Å². The first-order valence-corrected chi connectivity index (χ1v) is 11.7. The van der Waals surface area contributed by atoms with Crippen LogP contribution in [0.15, 0.2) is 42.5 Å². The molecular formula is C22H29N3O6S. The van der Waals surface area contributed by atoms with E-state index in [2.05, 4.69) is 5.32 Å². The zero-order chi connectivity index (χ0) is 23.9. The van der Waals surface area contributed by atoms with Crippen molar-refractivity contribution >= 4 is 27.5 Å². The van der Waals surface area contributed by atoms with E-state index in [-0.39, 0.29) is 25.6 Å². The van der Waals surface area contributed by atoms with E-state index in [0.717, 1.165) is 21.7 Å². The van der Waals surface area contributed by atoms with E-state index < -0.39 is 15.9 Å². The lowest BCUT2D eigenvalue weighted by molar-refractivity contribution is -0.130. The molecule has 32 heavy (non-hydrogen) atoms. The highest BCUT2D eigenvalue weighted by Gasteiger charge is 2.22. The van der Waals surface area contributed by atoms with Crippen LogP contribution in [0.4, 0.5) is 5.69 Å². The molecule has 0 radical (unpaired) electrons. The number of hydrogen-bond acceptors (Lipinski definition) is 6. The fraction of sp³-hybridized carbons (Fsp3) is 0.364. The third-order valence-electron chi connectivity index (χ3n) is 4.64. The Labute approximate surface area is 189 Å². The number of benzene rings is 2. The number of para-hydroxylation sites is 1. The van der Waals surface area contributed by atoms with Crippen molar-refractivity contribution in [3.8, 4) is 11.5 Å². The van der Waals surface area contributed by atoms with Gasteiger partial charge < -0.3 is 19.7 Å². The Morgan fingerprint density at radius 1 is 1.06 bits per heavy atom. The van der Waals surface area contributed by atoms with Gasteiger partial charge in [-0.05, 0) is 36.2 Å². The minimum atomic E-state index is -3.65. The predicted octanol–water partition coefficient (Wildman–Crippen LogP) is 1.55. The van der Waals surface area contributed by atoms with Crippen LogP contribution in [-0.2, 0) is 26.2 Å². The molecule has 2 amide bonds. The summed E-state index contributed by atoms with van der Waals surface area (Å²) in [6, 6.07) is 12.0. The molecule has 9 nitrogen and oxygen atoms in total. The summed E-state index contributed by atoms with van der Waals surface area (Å²) >= 11 is 0. The minimum Gasteiger partial charge on any atom is -0.493 e. The number of ether oxygens (including phenoxy) is 2. The third-order valence-corrected chi connectivity index (χ3v) is 5.77. The van der Waals surface area contributed by atoms with Crippen LogP contribution in [0.1, 0.15) is 11.1 Å². The van der Waals surface area contributed by atoms with E-state index in [1.807, 2.05) is 0 Å². The average molecular weight is 464 g/mol. The second-order valence-electron chi connectivity index (χ2n) is 7.39. The van der Waals surface area contributed by atoms with Gasteiger partial charge >= 0.3 is 0 Å². The molecule has 0 heterocycles. The smallest absolute Gasteiger partial charge is 0.259 e. The Kier molecular flexibility index (Phi) is 8.48. The van der Waals surface area contributed by atoms with Crippen LogP contribution < -0.4 is 19.1 Å². The molecule has 0 aliphatic rings. The molecule has 0 aromatic heterocycles. The fourth-order valence-corrected chi connectivity index (χ4v) is 3.74. The van der Waals surface area contributed by atoms with Crippen molar-refractivity contribution in [1.29, 1.82) is 0 Å². The maximum atomic E-state index is 12.5. The highest BCUT2D eigenvalue weighted by molar-refractivity contribution is 7.92. The first-order chi connectivity index (χ1) is 15.0. The molecule has 0 aliphatic heterocycles. The van der Waals surface area contributed by atoms with E-state index in [1.54, 1.807) is 63.5 Å². The number of rotatable bonds is 10. The summed E-state index contributed by atoms with van der Waals surface area (Å²) in [7, 11) is 1.10. The molecule has 0 spiro atoms. The zero-order valence-corrected chi connectivity index (χ0v) is 19.7. The van der Waals surface area contributed by atoms with Crippen molar-refractivity contribution in [2.75, 3.05) is 44.9 Å². The van der Waals surface area contributed by atoms with Crippen molar-refractivity contribution < 1.29 is 27.5 Å². The maximum absolute atomic E-state index is 12.5. The second kappa shape index (κ2) is 10.9. The lowest BCUT2D eigenvalue weighted by atomic mass is 10.2. The molecule has 2 rings (SSSR count). The van der Waals surface area contributed by atoms with Gasteiger partial charge in [-0.15, -0.1) is 0 Å². The van der Waals surface area contributed by atoms with Gasteiger partial charge in [0.2, 0.25) is 15.9 Å². The molecule has 10 heteroatoms. The van der Waals surface area contributed by atoms with Crippen LogP contribution in [0.25, 0.3) is 0 Å². The maximum Gasteiger partial charge on any atom is 0.259 e. The quantitative estimate of drug-likeness (QED) is 0.573. The first-order valence-electron chi connectivity index (χ1n) is 9.83. The number of likely N-dealkylation sites (N-methyl/N-ethyl adjacent to an activating group) is 1. The molecule has 0 unspecified atom stereocenters. The fourth-order valence-electron chi connectivity index (χ4n) is 2.82. The van der Waals surface area contributed by atoms with Crippen LogP contribution in [0.2, 0.25) is 0 Å². The standard InChI is InChI=1S/C22H29N3O6S/c1-16-8-6-7-9-18(16)25(32(5,28)29)14-21(26)23-13-17-10-11-19(20(12-17)30-4)31-15-22(27)24(2)3/h6-12H,13-15H2,1-5H3,(H,23,26). The third kappa shape index (κ3) is 6.88. The molecule has 0 aliphatic carbocycles. The van der Waals surface area contributed by atoms with Crippen molar-refractivity contribution in [2.24, 2.45) is 0 Å². The summed E-state index contributed by atoms with van der Waals surface area (Å²) in [4.78, 5) is 25.6. The number of aryl methyl sites for hydroxylation is 1. The molecule has 2 aromatic rings. The Morgan fingerprint density at radius 2 is 1.75 bits per heavy atom. The lowest BCUT2D eigenvalue weighted by Crippen LogP contribution is -2.40. The summed E-state index contributed by atoms with van der Waals surface area (Å²) in [6.07, 6.45) is 1.07. The normalized spacial score (nSPS) is 10.9. The average Bonchev–Trinajstić information content (AvgIpc) is 2.74. The van der Waals surface area contributed by atoms with E-state index in [4.69, 9.17) is 9.47 Å². The summed E-state index contributed by atoms with van der Waals surface area (Å²) in [5.74, 6) is 0.184. The molecule has 0 saturated heterocycles. The molecular weight excluding hydrogens is 434 g/mol. The summed E-state index contributed by atoms with van der Waals surface area (Å²) in [5, 5.41) is 2.72. The van der Waals surface area contributed by atoms with E-state index in [9.17, 15) is 18.0 Å². The minimum absolute atomic E-state index is 0.125. The lowest BCUT2D eigenvalue weighted by Gasteiger charge is -2.23. The van der Waals surface area contributed by atoms with Gasteiger partial charge in [-0.3, -0.25) is 13.9 Å². The monoisotopic (exact) mass is 463 g/mol. The van der Waals surface area contributed by atoms with Crippen LogP contribution in [-0.4, -0.2) is 65.7 Å². The number of amides is 2.